The largest absolute Gasteiger partial charge is 0.490 e. The monoisotopic (exact) mass is 349 g/mol. The summed E-state index contributed by atoms with van der Waals surface area (Å²) in [5, 5.41) is 8.76. The van der Waals surface area contributed by atoms with Crippen LogP contribution >= 0.6 is 0 Å². The Morgan fingerprint density at radius 1 is 1.24 bits per heavy atom. The van der Waals surface area contributed by atoms with Crippen molar-refractivity contribution in [3.05, 3.63) is 23.8 Å². The Morgan fingerprint density at radius 2 is 1.96 bits per heavy atom. The van der Waals surface area contributed by atoms with Crippen LogP contribution < -0.4 is 9.47 Å². The van der Waals surface area contributed by atoms with Crippen molar-refractivity contribution in [2.75, 3.05) is 19.8 Å². The van der Waals surface area contributed by atoms with Crippen LogP contribution in [0.15, 0.2) is 18.2 Å². The number of ether oxygens (including phenoxy) is 2. The molecular weight excluding hydrogens is 322 g/mol. The Labute approximate surface area is 148 Å². The number of carboxylic acids is 1. The Bertz CT molecular complexity index is 610. The highest BCUT2D eigenvalue weighted by Gasteiger charge is 2.26. The van der Waals surface area contributed by atoms with Crippen molar-refractivity contribution in [3.63, 3.8) is 0 Å². The molecule has 1 amide bonds. The quantitative estimate of drug-likeness (QED) is 0.741. The highest BCUT2D eigenvalue weighted by molar-refractivity contribution is 5.95. The maximum absolute atomic E-state index is 12.9. The van der Waals surface area contributed by atoms with Gasteiger partial charge in [0.05, 0.1) is 6.61 Å². The Kier molecular flexibility index (Phi) is 6.67. The van der Waals surface area contributed by atoms with E-state index in [1.54, 1.807) is 18.2 Å². The molecular formula is C19H27NO5. The van der Waals surface area contributed by atoms with E-state index < -0.39 is 12.6 Å². The van der Waals surface area contributed by atoms with Gasteiger partial charge in [-0.25, -0.2) is 4.79 Å². The third kappa shape index (κ3) is 5.11. The Morgan fingerprint density at radius 3 is 2.48 bits per heavy atom. The van der Waals surface area contributed by atoms with Crippen molar-refractivity contribution in [2.24, 2.45) is 5.92 Å². The summed E-state index contributed by atoms with van der Waals surface area (Å²) in [6, 6.07) is 5.02. The number of rotatable bonds is 9. The topological polar surface area (TPSA) is 76.1 Å². The van der Waals surface area contributed by atoms with Crippen LogP contribution in [0, 0.1) is 5.92 Å². The summed E-state index contributed by atoms with van der Waals surface area (Å²) in [5.41, 5.74) is 0.527. The fourth-order valence-electron chi connectivity index (χ4n) is 2.82. The summed E-state index contributed by atoms with van der Waals surface area (Å²) >= 11 is 0. The van der Waals surface area contributed by atoms with E-state index in [0.29, 0.717) is 29.6 Å². The number of hydrogen-bond donors (Lipinski definition) is 1. The number of hydrogen-bond acceptors (Lipinski definition) is 4. The first-order chi connectivity index (χ1) is 11.9. The third-order valence-electron chi connectivity index (χ3n) is 4.41. The van der Waals surface area contributed by atoms with E-state index in [1.807, 2.05) is 25.7 Å². The maximum atomic E-state index is 12.9. The molecule has 2 rings (SSSR count). The molecule has 1 aliphatic carbocycles. The molecule has 0 atom stereocenters. The van der Waals surface area contributed by atoms with Crippen LogP contribution in [0.5, 0.6) is 11.5 Å². The first kappa shape index (κ1) is 19.1. The zero-order valence-corrected chi connectivity index (χ0v) is 15.2. The minimum atomic E-state index is -1.06. The highest BCUT2D eigenvalue weighted by atomic mass is 16.5. The van der Waals surface area contributed by atoms with Gasteiger partial charge in [0.2, 0.25) is 0 Å². The van der Waals surface area contributed by atoms with Gasteiger partial charge in [-0.3, -0.25) is 4.79 Å². The van der Waals surface area contributed by atoms with E-state index in [-0.39, 0.29) is 11.9 Å². The molecule has 0 aliphatic heterocycles. The summed E-state index contributed by atoms with van der Waals surface area (Å²) < 4.78 is 10.8. The maximum Gasteiger partial charge on any atom is 0.341 e. The van der Waals surface area contributed by atoms with Gasteiger partial charge in [0.25, 0.3) is 5.91 Å². The lowest BCUT2D eigenvalue weighted by atomic mass is 9.85. The predicted octanol–water partition coefficient (Wildman–Crippen LogP) is 3.20. The predicted molar refractivity (Wildman–Crippen MR) is 94.3 cm³/mol. The van der Waals surface area contributed by atoms with Gasteiger partial charge in [-0.1, -0.05) is 6.42 Å². The second-order valence-corrected chi connectivity index (χ2v) is 6.63. The second kappa shape index (κ2) is 8.74. The zero-order chi connectivity index (χ0) is 18.4. The van der Waals surface area contributed by atoms with E-state index in [4.69, 9.17) is 14.6 Å². The van der Waals surface area contributed by atoms with Gasteiger partial charge in [0, 0.05) is 18.2 Å². The minimum absolute atomic E-state index is 0.0346. The van der Waals surface area contributed by atoms with Crippen molar-refractivity contribution in [2.45, 2.75) is 46.1 Å². The van der Waals surface area contributed by atoms with E-state index in [9.17, 15) is 9.59 Å². The number of nitrogens with zero attached hydrogens (tertiary/aromatic N) is 1. The fraction of sp³-hybridized carbons (Fsp3) is 0.579. The molecule has 0 heterocycles. The molecule has 25 heavy (non-hydrogen) atoms. The van der Waals surface area contributed by atoms with Crippen LogP contribution in [0.4, 0.5) is 0 Å². The summed E-state index contributed by atoms with van der Waals surface area (Å²) in [5.74, 6) is 0.218. The SMILES string of the molecule is CCOc1cc(C(=O)N(CC2CCC2)C(C)C)ccc1OCC(=O)O. The molecule has 1 N–H and O–H groups in total. The van der Waals surface area contributed by atoms with Gasteiger partial charge < -0.3 is 19.5 Å². The molecule has 0 unspecified atom stereocenters. The third-order valence-corrected chi connectivity index (χ3v) is 4.41. The molecule has 138 valence electrons. The molecule has 0 radical (unpaired) electrons. The molecule has 1 aliphatic rings. The molecule has 6 nitrogen and oxygen atoms in total. The number of benzene rings is 1. The van der Waals surface area contributed by atoms with Crippen molar-refractivity contribution >= 4 is 11.9 Å². The molecule has 1 aromatic carbocycles. The average Bonchev–Trinajstić information content (AvgIpc) is 2.51. The van der Waals surface area contributed by atoms with E-state index in [2.05, 4.69) is 0 Å². The molecule has 1 aromatic rings. The van der Waals surface area contributed by atoms with Crippen LogP contribution in [-0.2, 0) is 4.79 Å². The van der Waals surface area contributed by atoms with Gasteiger partial charge in [0.1, 0.15) is 0 Å². The van der Waals surface area contributed by atoms with Crippen molar-refractivity contribution in [3.8, 4) is 11.5 Å². The number of carbonyl (C=O) groups excluding carboxylic acids is 1. The van der Waals surface area contributed by atoms with Gasteiger partial charge >= 0.3 is 5.97 Å². The molecule has 0 bridgehead atoms. The Hall–Kier alpha value is -2.24. The second-order valence-electron chi connectivity index (χ2n) is 6.63. The van der Waals surface area contributed by atoms with Crippen LogP contribution in [-0.4, -0.2) is 47.7 Å². The van der Waals surface area contributed by atoms with Crippen LogP contribution in [0.1, 0.15) is 50.4 Å². The highest BCUT2D eigenvalue weighted by Crippen LogP contribution is 2.31. The van der Waals surface area contributed by atoms with Gasteiger partial charge in [-0.15, -0.1) is 0 Å². The van der Waals surface area contributed by atoms with Crippen LogP contribution in [0.25, 0.3) is 0 Å². The number of carbonyl (C=O) groups is 2. The van der Waals surface area contributed by atoms with Crippen molar-refractivity contribution in [1.82, 2.24) is 4.90 Å². The fourth-order valence-corrected chi connectivity index (χ4v) is 2.82. The summed E-state index contributed by atoms with van der Waals surface area (Å²) in [4.78, 5) is 25.5. The van der Waals surface area contributed by atoms with Gasteiger partial charge in [0.15, 0.2) is 18.1 Å². The summed E-state index contributed by atoms with van der Waals surface area (Å²) in [6.45, 7) is 6.59. The van der Waals surface area contributed by atoms with Crippen molar-refractivity contribution in [1.29, 1.82) is 0 Å². The lowest BCUT2D eigenvalue weighted by Gasteiger charge is -2.35. The number of amides is 1. The van der Waals surface area contributed by atoms with E-state index >= 15 is 0 Å². The summed E-state index contributed by atoms with van der Waals surface area (Å²) in [6.07, 6.45) is 3.61. The van der Waals surface area contributed by atoms with Crippen LogP contribution in [0.2, 0.25) is 0 Å². The molecule has 0 aromatic heterocycles. The van der Waals surface area contributed by atoms with Crippen LogP contribution in [0.3, 0.4) is 0 Å². The first-order valence-corrected chi connectivity index (χ1v) is 8.84. The lowest BCUT2D eigenvalue weighted by molar-refractivity contribution is -0.139. The van der Waals surface area contributed by atoms with E-state index in [1.165, 1.54) is 19.3 Å². The van der Waals surface area contributed by atoms with Gasteiger partial charge in [-0.2, -0.15) is 0 Å². The first-order valence-electron chi connectivity index (χ1n) is 8.84. The molecule has 1 saturated carbocycles. The van der Waals surface area contributed by atoms with E-state index in [0.717, 1.165) is 6.54 Å². The van der Waals surface area contributed by atoms with Gasteiger partial charge in [-0.05, 0) is 57.7 Å². The molecule has 6 heteroatoms. The lowest BCUT2D eigenvalue weighted by Crippen LogP contribution is -2.41. The number of aliphatic carboxylic acids is 1. The zero-order valence-electron chi connectivity index (χ0n) is 15.2. The normalized spacial score (nSPS) is 14.1. The van der Waals surface area contributed by atoms with Crippen molar-refractivity contribution < 1.29 is 24.2 Å². The average molecular weight is 349 g/mol. The molecule has 0 saturated heterocycles. The Balaban J connectivity index is 2.18. The standard InChI is InChI=1S/C19H27NO5/c1-4-24-17-10-15(8-9-16(17)25-12-18(21)22)19(23)20(13(2)3)11-14-6-5-7-14/h8-10,13-14H,4-7,11-12H2,1-3H3,(H,21,22). The smallest absolute Gasteiger partial charge is 0.341 e. The number of carboxylic acid groups (broad SMARTS) is 1. The molecule has 0 spiro atoms. The molecule has 1 fully saturated rings. The minimum Gasteiger partial charge on any atom is -0.490 e. The summed E-state index contributed by atoms with van der Waals surface area (Å²) in [7, 11) is 0.